The van der Waals surface area contributed by atoms with Crippen LogP contribution in [0.25, 0.3) is 49.0 Å². The summed E-state index contributed by atoms with van der Waals surface area (Å²) in [5.74, 6) is 0. The van der Waals surface area contributed by atoms with Crippen molar-refractivity contribution in [3.05, 3.63) is 377 Å². The molecule has 4 nitrogen and oxygen atoms in total. The quantitative estimate of drug-likeness (QED) is 0.121. The maximum absolute atomic E-state index is 10.0. The molecule has 0 bridgehead atoms. The van der Waals surface area contributed by atoms with Crippen molar-refractivity contribution < 1.29 is 0 Å². The first kappa shape index (κ1) is 49.7. The molecule has 13 aromatic carbocycles. The number of hydrogen-bond acceptors (Lipinski definition) is 3. The van der Waals surface area contributed by atoms with Crippen molar-refractivity contribution in [2.75, 3.05) is 9.80 Å². The Kier molecular flexibility index (Phi) is 12.0. The first-order valence-electron chi connectivity index (χ1n) is 28.5. The molecule has 2 aliphatic rings. The average molecular weight is 1070 g/mol. The lowest BCUT2D eigenvalue weighted by Crippen LogP contribution is -2.28. The van der Waals surface area contributed by atoms with E-state index in [2.05, 4.69) is 312 Å². The second kappa shape index (κ2) is 20.4. The van der Waals surface area contributed by atoms with Gasteiger partial charge in [-0.15, -0.1) is 0 Å². The Hall–Kier alpha value is -11.3. The number of nitrogens with zero attached hydrogens (tertiary/aromatic N) is 4. The summed E-state index contributed by atoms with van der Waals surface area (Å²) in [7, 11) is 0. The molecule has 392 valence electrons. The van der Waals surface area contributed by atoms with Crippen LogP contribution >= 0.6 is 0 Å². The van der Waals surface area contributed by atoms with E-state index in [4.69, 9.17) is 6.57 Å². The number of fused-ring (bicyclic) bond motifs is 7. The molecule has 0 heterocycles. The fourth-order valence-electron chi connectivity index (χ4n) is 13.9. The van der Waals surface area contributed by atoms with Gasteiger partial charge in [-0.1, -0.05) is 237 Å². The summed E-state index contributed by atoms with van der Waals surface area (Å²) < 4.78 is 0. The molecule has 15 rings (SSSR count). The highest BCUT2D eigenvalue weighted by atomic mass is 15.1. The van der Waals surface area contributed by atoms with Gasteiger partial charge in [0.25, 0.3) is 0 Å². The molecule has 0 saturated carbocycles. The predicted molar refractivity (Wildman–Crippen MR) is 344 cm³/mol. The molecule has 84 heavy (non-hydrogen) atoms. The van der Waals surface area contributed by atoms with E-state index in [1.807, 2.05) is 24.3 Å². The Morgan fingerprint density at radius 2 is 0.679 bits per heavy atom. The number of benzene rings is 13. The molecular weight excluding hydrogens is 1020 g/mol. The van der Waals surface area contributed by atoms with Gasteiger partial charge in [-0.05, 0) is 162 Å². The van der Waals surface area contributed by atoms with Crippen LogP contribution in [0.1, 0.15) is 50.1 Å². The summed E-state index contributed by atoms with van der Waals surface area (Å²) in [5, 5.41) is 12.2. The molecule has 0 amide bonds. The lowest BCUT2D eigenvalue weighted by molar-refractivity contribution is 0.768. The Bertz CT molecular complexity index is 4640. The summed E-state index contributed by atoms with van der Waals surface area (Å²) >= 11 is 0. The topological polar surface area (TPSA) is 34.6 Å². The molecule has 2 aliphatic carbocycles. The van der Waals surface area contributed by atoms with E-state index in [9.17, 15) is 5.26 Å². The van der Waals surface area contributed by atoms with Crippen LogP contribution in [0.3, 0.4) is 0 Å². The van der Waals surface area contributed by atoms with Gasteiger partial charge in [0.1, 0.15) is 0 Å². The van der Waals surface area contributed by atoms with Gasteiger partial charge in [0.15, 0.2) is 5.69 Å². The highest BCUT2D eigenvalue weighted by Gasteiger charge is 2.48. The zero-order chi connectivity index (χ0) is 56.2. The maximum Gasteiger partial charge on any atom is 0.187 e. The summed E-state index contributed by atoms with van der Waals surface area (Å²) in [6.07, 6.45) is 0. The smallest absolute Gasteiger partial charge is 0.187 e. The summed E-state index contributed by atoms with van der Waals surface area (Å²) in [6, 6.07) is 116. The zero-order valence-corrected chi connectivity index (χ0v) is 45.8. The van der Waals surface area contributed by atoms with Crippen LogP contribution in [0.2, 0.25) is 0 Å². The standard InChI is InChI=1S/C80H52N4/c1-82-61-38-44-63(45-39-61)83(65-46-48-71-69-29-16-18-32-74(69)79(76(71)52-65,57-20-6-2-7-21-57)58-22-8-3-9-23-58)62-42-36-56(37-43-62)67-50-51-78(73-31-15-14-28-68(67)73)84(64-40-34-55(54-81)35-41-64)66-47-49-72-70-30-17-19-33-75(70)80(77(72)53-66,59-24-10-4-11-25-59)60-26-12-5-13-27-60/h2-53H. The van der Waals surface area contributed by atoms with Crippen molar-refractivity contribution in [1.29, 1.82) is 5.26 Å². The van der Waals surface area contributed by atoms with Gasteiger partial charge >= 0.3 is 0 Å². The summed E-state index contributed by atoms with van der Waals surface area (Å²) in [6.45, 7) is 7.83. The second-order valence-electron chi connectivity index (χ2n) is 21.7. The first-order valence-corrected chi connectivity index (χ1v) is 28.5. The highest BCUT2D eigenvalue weighted by molar-refractivity contribution is 6.07. The molecule has 0 N–H and O–H groups in total. The first-order chi connectivity index (χ1) is 41.6. The molecule has 0 aromatic heterocycles. The molecule has 0 spiro atoms. The lowest BCUT2D eigenvalue weighted by atomic mass is 9.67. The van der Waals surface area contributed by atoms with Crippen molar-refractivity contribution in [1.82, 2.24) is 0 Å². The average Bonchev–Trinajstić information content (AvgIpc) is 1.91. The van der Waals surface area contributed by atoms with Gasteiger partial charge in [-0.3, -0.25) is 0 Å². The summed E-state index contributed by atoms with van der Waals surface area (Å²) in [4.78, 5) is 8.44. The minimum absolute atomic E-state index is 0.571. The zero-order valence-electron chi connectivity index (χ0n) is 45.8. The Morgan fingerprint density at radius 3 is 1.15 bits per heavy atom. The van der Waals surface area contributed by atoms with Gasteiger partial charge < -0.3 is 9.80 Å². The van der Waals surface area contributed by atoms with Crippen molar-refractivity contribution in [2.24, 2.45) is 0 Å². The van der Waals surface area contributed by atoms with Crippen LogP contribution in [0.4, 0.5) is 39.8 Å². The fraction of sp³-hybridized carbons (Fsp3) is 0.0250. The molecule has 4 heteroatoms. The molecule has 0 unspecified atom stereocenters. The van der Waals surface area contributed by atoms with Crippen LogP contribution in [0.5, 0.6) is 0 Å². The molecule has 0 radical (unpaired) electrons. The van der Waals surface area contributed by atoms with Crippen molar-refractivity contribution >= 4 is 50.6 Å². The summed E-state index contributed by atoms with van der Waals surface area (Å²) in [5.41, 5.74) is 22.8. The van der Waals surface area contributed by atoms with Crippen LogP contribution < -0.4 is 9.80 Å². The van der Waals surface area contributed by atoms with E-state index in [0.717, 1.165) is 56.0 Å². The Balaban J connectivity index is 0.870. The highest BCUT2D eigenvalue weighted by Crippen LogP contribution is 2.59. The molecule has 0 fully saturated rings. The minimum atomic E-state index is -0.586. The number of anilines is 6. The predicted octanol–water partition coefficient (Wildman–Crippen LogP) is 20.6. The molecule has 0 atom stereocenters. The van der Waals surface area contributed by atoms with Crippen LogP contribution in [0.15, 0.2) is 315 Å². The van der Waals surface area contributed by atoms with Crippen molar-refractivity contribution in [3.8, 4) is 39.4 Å². The maximum atomic E-state index is 10.0. The molecule has 0 saturated heterocycles. The minimum Gasteiger partial charge on any atom is -0.311 e. The Morgan fingerprint density at radius 1 is 0.310 bits per heavy atom. The third-order valence-electron chi connectivity index (χ3n) is 17.5. The number of rotatable bonds is 11. The Labute approximate surface area is 490 Å². The second-order valence-corrected chi connectivity index (χ2v) is 21.7. The van der Waals surface area contributed by atoms with E-state index in [1.54, 1.807) is 0 Å². The van der Waals surface area contributed by atoms with Gasteiger partial charge in [0, 0.05) is 33.8 Å². The SMILES string of the molecule is [C-]#[N+]c1ccc(N(c2ccc(-c3ccc(N(c4ccc(C#N)cc4)c4ccc5c(c4)C(c4ccccc4)(c4ccccc4)c4ccccc4-5)c4ccccc34)cc2)c2ccc3c(c2)C(c2ccccc2)(c2ccccc2)c2ccccc2-3)cc1. The van der Waals surface area contributed by atoms with Crippen LogP contribution in [0, 0.1) is 17.9 Å². The normalized spacial score (nSPS) is 12.9. The van der Waals surface area contributed by atoms with Gasteiger partial charge in [0.05, 0.1) is 34.7 Å². The van der Waals surface area contributed by atoms with Crippen LogP contribution in [-0.4, -0.2) is 0 Å². The van der Waals surface area contributed by atoms with Crippen molar-refractivity contribution in [3.63, 3.8) is 0 Å². The van der Waals surface area contributed by atoms with E-state index >= 15 is 0 Å². The fourth-order valence-corrected chi connectivity index (χ4v) is 13.9. The number of hydrogen-bond donors (Lipinski definition) is 0. The van der Waals surface area contributed by atoms with E-state index in [-0.39, 0.29) is 0 Å². The molecule has 0 aliphatic heterocycles. The number of nitriles is 1. The third kappa shape index (κ3) is 7.74. The lowest BCUT2D eigenvalue weighted by Gasteiger charge is -2.35. The van der Waals surface area contributed by atoms with Crippen molar-refractivity contribution in [2.45, 2.75) is 10.8 Å². The largest absolute Gasteiger partial charge is 0.311 e. The van der Waals surface area contributed by atoms with Gasteiger partial charge in [-0.25, -0.2) is 4.85 Å². The van der Waals surface area contributed by atoms with Gasteiger partial charge in [0.2, 0.25) is 0 Å². The van der Waals surface area contributed by atoms with E-state index in [1.165, 1.54) is 66.8 Å². The van der Waals surface area contributed by atoms with Crippen LogP contribution in [-0.2, 0) is 10.8 Å². The molecular formula is C80H52N4. The monoisotopic (exact) mass is 1070 g/mol. The van der Waals surface area contributed by atoms with E-state index in [0.29, 0.717) is 11.3 Å². The van der Waals surface area contributed by atoms with E-state index < -0.39 is 10.8 Å². The van der Waals surface area contributed by atoms with Gasteiger partial charge in [-0.2, -0.15) is 5.26 Å². The molecule has 13 aromatic rings. The third-order valence-corrected chi connectivity index (χ3v) is 17.5.